The number of para-hydroxylation sites is 1. The summed E-state index contributed by atoms with van der Waals surface area (Å²) >= 11 is 6.87. The van der Waals surface area contributed by atoms with E-state index in [0.29, 0.717) is 12.4 Å². The zero-order valence-corrected chi connectivity index (χ0v) is 13.0. The third kappa shape index (κ3) is 3.31. The van der Waals surface area contributed by atoms with E-state index in [4.69, 9.17) is 4.74 Å². The molecule has 0 atom stereocenters. The van der Waals surface area contributed by atoms with Crippen molar-refractivity contribution >= 4 is 31.9 Å². The molecule has 2 aromatic rings. The fraction of sp³-hybridized carbons (Fsp3) is 0.154. The summed E-state index contributed by atoms with van der Waals surface area (Å²) in [7, 11) is 1.89. The van der Waals surface area contributed by atoms with E-state index >= 15 is 0 Å². The van der Waals surface area contributed by atoms with Crippen LogP contribution in [0.15, 0.2) is 45.5 Å². The second-order valence-corrected chi connectivity index (χ2v) is 5.45. The summed E-state index contributed by atoms with van der Waals surface area (Å²) in [6.07, 6.45) is 1.73. The second-order valence-electron chi connectivity index (χ2n) is 3.68. The van der Waals surface area contributed by atoms with Crippen molar-refractivity contribution in [3.8, 4) is 11.6 Å². The summed E-state index contributed by atoms with van der Waals surface area (Å²) in [6, 6.07) is 9.70. The quantitative estimate of drug-likeness (QED) is 0.877. The Kier molecular flexibility index (Phi) is 4.74. The molecule has 1 heterocycles. The van der Waals surface area contributed by atoms with E-state index in [2.05, 4.69) is 42.2 Å². The molecular weight excluding hydrogens is 360 g/mol. The third-order valence-corrected chi connectivity index (χ3v) is 3.39. The molecule has 94 valence electrons. The van der Waals surface area contributed by atoms with Crippen molar-refractivity contribution in [1.29, 1.82) is 0 Å². The Morgan fingerprint density at radius 2 is 2.06 bits per heavy atom. The number of pyridine rings is 1. The molecule has 0 radical (unpaired) electrons. The summed E-state index contributed by atoms with van der Waals surface area (Å²) in [5.41, 5.74) is 1.00. The van der Waals surface area contributed by atoms with Crippen LogP contribution in [-0.4, -0.2) is 12.0 Å². The van der Waals surface area contributed by atoms with Crippen LogP contribution in [-0.2, 0) is 6.54 Å². The predicted octanol–water partition coefficient (Wildman–Crippen LogP) is 4.12. The topological polar surface area (TPSA) is 34.2 Å². The fourth-order valence-corrected chi connectivity index (χ4v) is 2.25. The maximum absolute atomic E-state index is 5.83. The van der Waals surface area contributed by atoms with Crippen molar-refractivity contribution in [2.75, 3.05) is 7.05 Å². The van der Waals surface area contributed by atoms with Gasteiger partial charge >= 0.3 is 0 Å². The average molecular weight is 372 g/mol. The molecule has 1 N–H and O–H groups in total. The largest absolute Gasteiger partial charge is 0.438 e. The lowest BCUT2D eigenvalue weighted by Gasteiger charge is -2.11. The maximum Gasteiger partial charge on any atom is 0.223 e. The highest BCUT2D eigenvalue weighted by atomic mass is 79.9. The van der Waals surface area contributed by atoms with Gasteiger partial charge < -0.3 is 10.1 Å². The van der Waals surface area contributed by atoms with Crippen LogP contribution in [0.25, 0.3) is 0 Å². The predicted molar refractivity (Wildman–Crippen MR) is 78.9 cm³/mol. The van der Waals surface area contributed by atoms with E-state index in [1.54, 1.807) is 6.20 Å². The number of aromatic nitrogens is 1. The maximum atomic E-state index is 5.83. The fourth-order valence-electron chi connectivity index (χ4n) is 1.51. The van der Waals surface area contributed by atoms with Crippen LogP contribution in [0, 0.1) is 0 Å². The van der Waals surface area contributed by atoms with Gasteiger partial charge in [0.2, 0.25) is 5.88 Å². The number of nitrogens with one attached hydrogen (secondary N) is 1. The molecule has 0 saturated carbocycles. The van der Waals surface area contributed by atoms with Crippen LogP contribution in [0.4, 0.5) is 0 Å². The van der Waals surface area contributed by atoms with Gasteiger partial charge in [0.05, 0.1) is 4.47 Å². The minimum atomic E-state index is 0.611. The Morgan fingerprint density at radius 3 is 2.78 bits per heavy atom. The number of hydrogen-bond acceptors (Lipinski definition) is 3. The van der Waals surface area contributed by atoms with Crippen LogP contribution in [0.5, 0.6) is 11.6 Å². The molecule has 0 unspecified atom stereocenters. The van der Waals surface area contributed by atoms with E-state index in [1.807, 2.05) is 37.4 Å². The number of rotatable bonds is 4. The van der Waals surface area contributed by atoms with Gasteiger partial charge in [0, 0.05) is 22.8 Å². The van der Waals surface area contributed by atoms with E-state index in [9.17, 15) is 0 Å². The second kappa shape index (κ2) is 6.31. The first kappa shape index (κ1) is 13.5. The van der Waals surface area contributed by atoms with Gasteiger partial charge in [-0.25, -0.2) is 4.98 Å². The summed E-state index contributed by atoms with van der Waals surface area (Å²) in [4.78, 5) is 4.30. The average Bonchev–Trinajstić information content (AvgIpc) is 2.35. The molecule has 0 amide bonds. The van der Waals surface area contributed by atoms with Gasteiger partial charge in [-0.05, 0) is 57.1 Å². The first-order chi connectivity index (χ1) is 8.70. The number of nitrogens with zero attached hydrogens (tertiary/aromatic N) is 1. The molecule has 0 saturated heterocycles. The lowest BCUT2D eigenvalue weighted by Crippen LogP contribution is -2.07. The summed E-state index contributed by atoms with van der Waals surface area (Å²) in [6.45, 7) is 0.701. The molecule has 2 rings (SSSR count). The Balaban J connectivity index is 2.31. The molecule has 1 aromatic carbocycles. The van der Waals surface area contributed by atoms with Gasteiger partial charge in [0.25, 0.3) is 0 Å². The zero-order chi connectivity index (χ0) is 13.0. The number of halogens is 2. The van der Waals surface area contributed by atoms with Crippen molar-refractivity contribution in [1.82, 2.24) is 10.3 Å². The highest BCUT2D eigenvalue weighted by molar-refractivity contribution is 9.10. The van der Waals surface area contributed by atoms with E-state index in [-0.39, 0.29) is 0 Å². The SMILES string of the molecule is CNCc1cc(Br)cnc1Oc1ccccc1Br. The number of benzene rings is 1. The summed E-state index contributed by atoms with van der Waals surface area (Å²) in [5, 5.41) is 3.10. The first-order valence-corrected chi connectivity index (χ1v) is 7.00. The molecule has 0 aliphatic rings. The number of ether oxygens (including phenoxy) is 1. The minimum absolute atomic E-state index is 0.611. The van der Waals surface area contributed by atoms with Crippen molar-refractivity contribution in [3.63, 3.8) is 0 Å². The first-order valence-electron chi connectivity index (χ1n) is 5.42. The lowest BCUT2D eigenvalue weighted by atomic mass is 10.2. The molecule has 0 fully saturated rings. The normalized spacial score (nSPS) is 10.4. The van der Waals surface area contributed by atoms with Crippen molar-refractivity contribution < 1.29 is 4.74 Å². The summed E-state index contributed by atoms with van der Waals surface area (Å²) < 4.78 is 7.67. The van der Waals surface area contributed by atoms with Gasteiger partial charge in [0.1, 0.15) is 5.75 Å². The van der Waals surface area contributed by atoms with Crippen LogP contribution in [0.1, 0.15) is 5.56 Å². The van der Waals surface area contributed by atoms with Crippen molar-refractivity contribution in [2.45, 2.75) is 6.54 Å². The van der Waals surface area contributed by atoms with E-state index in [1.165, 1.54) is 0 Å². The Bertz CT molecular complexity index is 546. The van der Waals surface area contributed by atoms with Crippen molar-refractivity contribution in [3.05, 3.63) is 51.0 Å². The van der Waals surface area contributed by atoms with Gasteiger partial charge in [-0.15, -0.1) is 0 Å². The number of hydrogen-bond donors (Lipinski definition) is 1. The molecule has 0 spiro atoms. The molecule has 0 aliphatic heterocycles. The highest BCUT2D eigenvalue weighted by Gasteiger charge is 2.08. The Labute approximate surface area is 123 Å². The lowest BCUT2D eigenvalue weighted by molar-refractivity contribution is 0.451. The zero-order valence-electron chi connectivity index (χ0n) is 9.78. The molecule has 5 heteroatoms. The van der Waals surface area contributed by atoms with E-state index < -0.39 is 0 Å². The minimum Gasteiger partial charge on any atom is -0.438 e. The van der Waals surface area contributed by atoms with Crippen LogP contribution >= 0.6 is 31.9 Å². The monoisotopic (exact) mass is 370 g/mol. The Hall–Kier alpha value is -0.910. The molecule has 3 nitrogen and oxygen atoms in total. The highest BCUT2D eigenvalue weighted by Crippen LogP contribution is 2.30. The van der Waals surface area contributed by atoms with Crippen molar-refractivity contribution in [2.24, 2.45) is 0 Å². The Morgan fingerprint density at radius 1 is 1.28 bits per heavy atom. The van der Waals surface area contributed by atoms with Crippen LogP contribution < -0.4 is 10.1 Å². The molecule has 0 bridgehead atoms. The molecule has 0 aliphatic carbocycles. The molecule has 1 aromatic heterocycles. The molecular formula is C13H12Br2N2O. The third-order valence-electron chi connectivity index (χ3n) is 2.30. The van der Waals surface area contributed by atoms with Gasteiger partial charge in [-0.1, -0.05) is 12.1 Å². The standard InChI is InChI=1S/C13H12Br2N2O/c1-16-7-9-6-10(14)8-17-13(9)18-12-5-3-2-4-11(12)15/h2-6,8,16H,7H2,1H3. The van der Waals surface area contributed by atoms with Gasteiger partial charge in [0.15, 0.2) is 0 Å². The van der Waals surface area contributed by atoms with Gasteiger partial charge in [-0.2, -0.15) is 0 Å². The summed E-state index contributed by atoms with van der Waals surface area (Å²) in [5.74, 6) is 1.36. The smallest absolute Gasteiger partial charge is 0.223 e. The van der Waals surface area contributed by atoms with Crippen LogP contribution in [0.3, 0.4) is 0 Å². The van der Waals surface area contributed by atoms with E-state index in [0.717, 1.165) is 20.3 Å². The van der Waals surface area contributed by atoms with Crippen LogP contribution in [0.2, 0.25) is 0 Å². The molecule has 18 heavy (non-hydrogen) atoms. The van der Waals surface area contributed by atoms with Gasteiger partial charge in [-0.3, -0.25) is 0 Å².